The smallest absolute Gasteiger partial charge is 0.251 e. The number of anilines is 1. The largest absolute Gasteiger partial charge is 0.365 e. The van der Waals surface area contributed by atoms with Crippen LogP contribution in [0.25, 0.3) is 0 Å². The Hall–Kier alpha value is -2.41. The molecule has 0 saturated carbocycles. The van der Waals surface area contributed by atoms with Crippen LogP contribution in [-0.4, -0.2) is 16.4 Å². The molecule has 2 amide bonds. The molecule has 0 atom stereocenters. The van der Waals surface area contributed by atoms with Gasteiger partial charge in [-0.05, 0) is 43.7 Å². The molecule has 1 aliphatic carbocycles. The zero-order valence-electron chi connectivity index (χ0n) is 13.4. The Morgan fingerprint density at radius 2 is 2.04 bits per heavy atom. The number of hydrogen-bond donors (Lipinski definition) is 2. The molecule has 6 nitrogen and oxygen atoms in total. The fraction of sp³-hybridized carbons (Fsp3) is 0.353. The van der Waals surface area contributed by atoms with Crippen LogP contribution in [0.15, 0.2) is 23.1 Å². The molecule has 2 heterocycles. The van der Waals surface area contributed by atoms with Gasteiger partial charge in [-0.25, -0.2) is 0 Å². The summed E-state index contributed by atoms with van der Waals surface area (Å²) >= 11 is 1.42. The average Bonchev–Trinajstić information content (AvgIpc) is 2.88. The molecule has 2 aromatic rings. The molecular formula is C17H19N3O3S. The molecule has 3 N–H and O–H groups in total. The molecule has 0 radical (unpaired) electrons. The lowest BCUT2D eigenvalue weighted by atomic mass is 9.95. The number of rotatable bonds is 4. The lowest BCUT2D eigenvalue weighted by molar-refractivity contribution is -0.116. The molecule has 24 heavy (non-hydrogen) atoms. The van der Waals surface area contributed by atoms with Gasteiger partial charge in [-0.2, -0.15) is 0 Å². The number of fused-ring (bicyclic) bond motifs is 1. The monoisotopic (exact) mass is 345 g/mol. The number of carbonyl (C=O) groups excluding carboxylic acids is 2. The van der Waals surface area contributed by atoms with E-state index in [9.17, 15) is 14.4 Å². The molecule has 3 rings (SSSR count). The molecule has 126 valence electrons. The molecule has 0 spiro atoms. The Balaban J connectivity index is 1.84. The summed E-state index contributed by atoms with van der Waals surface area (Å²) in [6, 6.07) is 3.14. The molecule has 0 bridgehead atoms. The molecule has 7 heteroatoms. The van der Waals surface area contributed by atoms with E-state index in [2.05, 4.69) is 5.32 Å². The maximum Gasteiger partial charge on any atom is 0.251 e. The Labute approximate surface area is 143 Å². The van der Waals surface area contributed by atoms with Crippen molar-refractivity contribution in [1.29, 1.82) is 0 Å². The van der Waals surface area contributed by atoms with Gasteiger partial charge in [0.15, 0.2) is 0 Å². The highest BCUT2D eigenvalue weighted by molar-refractivity contribution is 7.17. The lowest BCUT2D eigenvalue weighted by Crippen LogP contribution is -2.27. The van der Waals surface area contributed by atoms with Gasteiger partial charge in [0.1, 0.15) is 11.5 Å². The second-order valence-electron chi connectivity index (χ2n) is 6.00. The number of primary amides is 1. The number of nitrogens with one attached hydrogen (secondary N) is 1. The summed E-state index contributed by atoms with van der Waals surface area (Å²) in [5.74, 6) is -0.860. The third kappa shape index (κ3) is 3.26. The van der Waals surface area contributed by atoms with Crippen LogP contribution in [-0.2, 0) is 24.2 Å². The summed E-state index contributed by atoms with van der Waals surface area (Å²) in [5, 5.41) is 3.26. The summed E-state index contributed by atoms with van der Waals surface area (Å²) in [7, 11) is 0. The molecule has 2 aromatic heterocycles. The third-order valence-electron chi connectivity index (χ3n) is 4.12. The maximum atomic E-state index is 12.3. The van der Waals surface area contributed by atoms with Crippen LogP contribution >= 0.6 is 11.3 Å². The van der Waals surface area contributed by atoms with Crippen molar-refractivity contribution in [2.45, 2.75) is 39.2 Å². The molecule has 0 unspecified atom stereocenters. The number of nitrogens with two attached hydrogens (primary N) is 1. The normalized spacial score (nSPS) is 13.4. The minimum atomic E-state index is -0.516. The van der Waals surface area contributed by atoms with Crippen molar-refractivity contribution in [2.75, 3.05) is 5.32 Å². The number of thiophene rings is 1. The number of nitrogens with zero attached hydrogens (tertiary/aromatic N) is 1. The van der Waals surface area contributed by atoms with E-state index in [1.807, 2.05) is 6.92 Å². The number of amides is 2. The van der Waals surface area contributed by atoms with Gasteiger partial charge in [0.2, 0.25) is 5.91 Å². The van der Waals surface area contributed by atoms with Gasteiger partial charge < -0.3 is 15.6 Å². The van der Waals surface area contributed by atoms with Crippen LogP contribution < -0.4 is 16.6 Å². The van der Waals surface area contributed by atoms with E-state index in [1.165, 1.54) is 22.0 Å². The standard InChI is InChI=1S/C17H19N3O3S/c1-10-6-7-14(22)20(8-10)9-13(21)19-17-15(16(18)23)11-4-2-3-5-12(11)24-17/h6-8H,2-5,9H2,1H3,(H2,18,23)(H,19,21). The van der Waals surface area contributed by atoms with Crippen LogP contribution in [0, 0.1) is 6.92 Å². The zero-order valence-corrected chi connectivity index (χ0v) is 14.2. The Bertz CT molecular complexity index is 866. The van der Waals surface area contributed by atoms with Crippen LogP contribution in [0.3, 0.4) is 0 Å². The second-order valence-corrected chi connectivity index (χ2v) is 7.11. The van der Waals surface area contributed by atoms with Crippen molar-refractivity contribution in [3.8, 4) is 0 Å². The molecule has 0 aliphatic heterocycles. The summed E-state index contributed by atoms with van der Waals surface area (Å²) in [4.78, 5) is 37.1. The number of pyridine rings is 1. The van der Waals surface area contributed by atoms with Gasteiger partial charge >= 0.3 is 0 Å². The van der Waals surface area contributed by atoms with E-state index in [0.717, 1.165) is 41.7 Å². The SMILES string of the molecule is Cc1ccc(=O)n(CC(=O)Nc2sc3c(c2C(N)=O)CCCC3)c1. The number of aromatic nitrogens is 1. The van der Waals surface area contributed by atoms with Crippen LogP contribution in [0.4, 0.5) is 5.00 Å². The minimum Gasteiger partial charge on any atom is -0.365 e. The topological polar surface area (TPSA) is 94.2 Å². The Morgan fingerprint density at radius 1 is 1.29 bits per heavy atom. The van der Waals surface area contributed by atoms with Crippen molar-refractivity contribution in [1.82, 2.24) is 4.57 Å². The van der Waals surface area contributed by atoms with Gasteiger partial charge in [-0.15, -0.1) is 11.3 Å². The highest BCUT2D eigenvalue weighted by atomic mass is 32.1. The maximum absolute atomic E-state index is 12.3. The first-order chi connectivity index (χ1) is 11.5. The molecular weight excluding hydrogens is 326 g/mol. The molecule has 0 saturated heterocycles. The van der Waals surface area contributed by atoms with E-state index in [1.54, 1.807) is 12.3 Å². The number of carbonyl (C=O) groups is 2. The zero-order chi connectivity index (χ0) is 17.3. The van der Waals surface area contributed by atoms with Crippen molar-refractivity contribution in [2.24, 2.45) is 5.73 Å². The van der Waals surface area contributed by atoms with Crippen LogP contribution in [0.1, 0.15) is 39.2 Å². The Kier molecular flexibility index (Phi) is 4.53. The van der Waals surface area contributed by atoms with Crippen molar-refractivity contribution in [3.63, 3.8) is 0 Å². The predicted molar refractivity (Wildman–Crippen MR) is 93.5 cm³/mol. The Morgan fingerprint density at radius 3 is 2.79 bits per heavy atom. The van der Waals surface area contributed by atoms with Crippen molar-refractivity contribution >= 4 is 28.2 Å². The van der Waals surface area contributed by atoms with Gasteiger partial charge in [0.25, 0.3) is 11.5 Å². The second kappa shape index (κ2) is 6.60. The number of aryl methyl sites for hydroxylation is 2. The van der Waals surface area contributed by atoms with Crippen LogP contribution in [0.2, 0.25) is 0 Å². The fourth-order valence-electron chi connectivity index (χ4n) is 3.01. The highest BCUT2D eigenvalue weighted by Gasteiger charge is 2.24. The van der Waals surface area contributed by atoms with Crippen molar-refractivity contribution in [3.05, 3.63) is 50.3 Å². The van der Waals surface area contributed by atoms with Gasteiger partial charge in [0.05, 0.1) is 5.56 Å². The average molecular weight is 345 g/mol. The van der Waals surface area contributed by atoms with E-state index in [4.69, 9.17) is 5.73 Å². The molecule has 0 aromatic carbocycles. The molecule has 1 aliphatic rings. The van der Waals surface area contributed by atoms with Crippen LogP contribution in [0.5, 0.6) is 0 Å². The predicted octanol–water partition coefficient (Wildman–Crippen LogP) is 1.83. The fourth-order valence-corrected chi connectivity index (χ4v) is 4.32. The van der Waals surface area contributed by atoms with E-state index >= 15 is 0 Å². The molecule has 0 fully saturated rings. The van der Waals surface area contributed by atoms with Gasteiger partial charge in [-0.1, -0.05) is 6.07 Å². The van der Waals surface area contributed by atoms with E-state index < -0.39 is 5.91 Å². The number of hydrogen-bond acceptors (Lipinski definition) is 4. The first kappa shape index (κ1) is 16.4. The highest BCUT2D eigenvalue weighted by Crippen LogP contribution is 2.37. The van der Waals surface area contributed by atoms with E-state index in [-0.39, 0.29) is 18.0 Å². The van der Waals surface area contributed by atoms with Crippen molar-refractivity contribution < 1.29 is 9.59 Å². The quantitative estimate of drug-likeness (QED) is 0.885. The first-order valence-corrected chi connectivity index (χ1v) is 8.68. The van der Waals surface area contributed by atoms with Gasteiger partial charge in [-0.3, -0.25) is 14.4 Å². The van der Waals surface area contributed by atoms with E-state index in [0.29, 0.717) is 10.6 Å². The summed E-state index contributed by atoms with van der Waals surface area (Å²) in [5.41, 5.74) is 7.58. The summed E-state index contributed by atoms with van der Waals surface area (Å²) in [6.45, 7) is 1.76. The minimum absolute atomic E-state index is 0.0960. The van der Waals surface area contributed by atoms with Gasteiger partial charge in [0, 0.05) is 17.1 Å². The third-order valence-corrected chi connectivity index (χ3v) is 5.32. The first-order valence-electron chi connectivity index (χ1n) is 7.87. The summed E-state index contributed by atoms with van der Waals surface area (Å²) < 4.78 is 1.35. The summed E-state index contributed by atoms with van der Waals surface area (Å²) in [6.07, 6.45) is 5.47. The lowest BCUT2D eigenvalue weighted by Gasteiger charge is -2.11.